The minimum Gasteiger partial charge on any atom is -0.479 e. The topological polar surface area (TPSA) is 225 Å². The summed E-state index contributed by atoms with van der Waals surface area (Å²) in [7, 11) is 0. The number of aliphatic hydroxyl groups is 3. The molecule has 0 spiro atoms. The van der Waals surface area contributed by atoms with Gasteiger partial charge in [0.15, 0.2) is 6.10 Å². The van der Waals surface area contributed by atoms with Gasteiger partial charge < -0.3 is 50.7 Å². The number of amides is 2. The number of nitrogens with one attached hydrogen (secondary N) is 3. The molecule has 1 heterocycles. The Morgan fingerprint density at radius 3 is 2.38 bits per heavy atom. The molecule has 1 aromatic rings. The third-order valence-electron chi connectivity index (χ3n) is 5.44. The van der Waals surface area contributed by atoms with Crippen LogP contribution in [0.4, 0.5) is 5.69 Å². The van der Waals surface area contributed by atoms with Gasteiger partial charge in [-0.15, -0.1) is 0 Å². The van der Waals surface area contributed by atoms with Gasteiger partial charge in [-0.25, -0.2) is 4.79 Å². The molecule has 1 aromatic carbocycles. The number of rotatable bonds is 13. The highest BCUT2D eigenvalue weighted by molar-refractivity contribution is 5.93. The fourth-order valence-corrected chi connectivity index (χ4v) is 3.32. The van der Waals surface area contributed by atoms with Crippen molar-refractivity contribution in [2.75, 3.05) is 18.4 Å². The lowest BCUT2D eigenvalue weighted by molar-refractivity contribution is -0.271. The Balaban J connectivity index is 2.15. The lowest BCUT2D eigenvalue weighted by Crippen LogP contribution is -2.61. The molecule has 2 rings (SSSR count). The van der Waals surface area contributed by atoms with Gasteiger partial charge >= 0.3 is 11.9 Å². The number of aliphatic hydroxyl groups excluding tert-OH is 3. The summed E-state index contributed by atoms with van der Waals surface area (Å²) in [5.74, 6) is -3.39. The summed E-state index contributed by atoms with van der Waals surface area (Å²) in [6, 6.07) is 4.30. The maximum atomic E-state index is 12.6. The molecule has 1 fully saturated rings. The third-order valence-corrected chi connectivity index (χ3v) is 5.44. The molecule has 15 nitrogen and oxygen atoms in total. The maximum Gasteiger partial charge on any atom is 0.335 e. The number of carboxylic acid groups (broad SMARTS) is 1. The molecule has 222 valence electrons. The first-order valence-corrected chi connectivity index (χ1v) is 12.5. The second-order valence-corrected chi connectivity index (χ2v) is 9.49. The summed E-state index contributed by atoms with van der Waals surface area (Å²) < 4.78 is 16.0. The Hall–Kier alpha value is -3.79. The number of hydrazone groups is 1. The second-order valence-electron chi connectivity index (χ2n) is 9.49. The van der Waals surface area contributed by atoms with Gasteiger partial charge in [-0.2, -0.15) is 5.10 Å². The fourth-order valence-electron chi connectivity index (χ4n) is 3.32. The Morgan fingerprint density at radius 2 is 1.75 bits per heavy atom. The minimum absolute atomic E-state index is 0.00211. The highest BCUT2D eigenvalue weighted by Crippen LogP contribution is 2.31. The fraction of sp³-hybridized carbons (Fsp3) is 0.560. The first kappa shape index (κ1) is 32.4. The maximum absolute atomic E-state index is 12.6. The zero-order valence-corrected chi connectivity index (χ0v) is 22.6. The molecule has 0 bridgehead atoms. The number of hydrogen-bond acceptors (Lipinski definition) is 12. The van der Waals surface area contributed by atoms with Crippen LogP contribution >= 0.6 is 0 Å². The Morgan fingerprint density at radius 1 is 1.05 bits per heavy atom. The number of esters is 1. The van der Waals surface area contributed by atoms with Crippen molar-refractivity contribution in [1.29, 1.82) is 0 Å². The number of nitrogens with zero attached hydrogens (tertiary/aromatic N) is 1. The average Bonchev–Trinajstić information content (AvgIpc) is 2.88. The summed E-state index contributed by atoms with van der Waals surface area (Å²) in [6.45, 7) is 6.65. The molecule has 1 saturated heterocycles. The van der Waals surface area contributed by atoms with Crippen LogP contribution in [0.5, 0.6) is 5.75 Å². The Kier molecular flexibility index (Phi) is 12.3. The van der Waals surface area contributed by atoms with Crippen LogP contribution in [0, 0.1) is 5.92 Å². The normalized spacial score (nSPS) is 22.1. The minimum atomic E-state index is -1.91. The van der Waals surface area contributed by atoms with E-state index in [1.807, 2.05) is 0 Å². The highest BCUT2D eigenvalue weighted by atomic mass is 16.7. The van der Waals surface area contributed by atoms with Crippen molar-refractivity contribution in [1.82, 2.24) is 10.7 Å². The molecule has 15 heteroatoms. The molecule has 40 heavy (non-hydrogen) atoms. The number of carbonyl (C=O) groups is 4. The molecule has 0 aliphatic carbocycles. The van der Waals surface area contributed by atoms with E-state index in [1.54, 1.807) is 27.7 Å². The molecule has 5 atom stereocenters. The van der Waals surface area contributed by atoms with Crippen molar-refractivity contribution in [2.24, 2.45) is 11.0 Å². The summed E-state index contributed by atoms with van der Waals surface area (Å²) in [6.07, 6.45) is -9.37. The largest absolute Gasteiger partial charge is 0.479 e. The van der Waals surface area contributed by atoms with Crippen LogP contribution in [0.1, 0.15) is 39.7 Å². The first-order chi connectivity index (χ1) is 18.8. The number of ether oxygens (including phenoxy) is 3. The zero-order chi connectivity index (χ0) is 30.0. The molecule has 0 radical (unpaired) electrons. The number of carbonyl (C=O) groups excluding carboxylic acids is 3. The van der Waals surface area contributed by atoms with Crippen LogP contribution < -0.4 is 20.8 Å². The predicted molar refractivity (Wildman–Crippen MR) is 139 cm³/mol. The lowest BCUT2D eigenvalue weighted by Gasteiger charge is -2.38. The van der Waals surface area contributed by atoms with E-state index in [9.17, 15) is 39.6 Å². The molecule has 2 amide bonds. The van der Waals surface area contributed by atoms with Crippen molar-refractivity contribution >= 4 is 35.2 Å². The van der Waals surface area contributed by atoms with Crippen LogP contribution in [0.3, 0.4) is 0 Å². The number of anilines is 1. The van der Waals surface area contributed by atoms with E-state index in [4.69, 9.17) is 14.2 Å². The third kappa shape index (κ3) is 9.75. The van der Waals surface area contributed by atoms with Crippen LogP contribution in [0.15, 0.2) is 23.3 Å². The van der Waals surface area contributed by atoms with Crippen molar-refractivity contribution in [3.63, 3.8) is 0 Å². The molecular formula is C25H36N4O11. The Bertz CT molecular complexity index is 1090. The van der Waals surface area contributed by atoms with Gasteiger partial charge in [-0.3, -0.25) is 14.4 Å². The lowest BCUT2D eigenvalue weighted by atomic mass is 9.99. The monoisotopic (exact) mass is 568 g/mol. The van der Waals surface area contributed by atoms with E-state index in [1.165, 1.54) is 18.2 Å². The van der Waals surface area contributed by atoms with Gasteiger partial charge in [0.25, 0.3) is 0 Å². The average molecular weight is 569 g/mol. The van der Waals surface area contributed by atoms with Gasteiger partial charge in [0.2, 0.25) is 18.1 Å². The molecule has 7 N–H and O–H groups in total. The summed E-state index contributed by atoms with van der Waals surface area (Å²) in [4.78, 5) is 47.8. The molecular weight excluding hydrogens is 532 g/mol. The van der Waals surface area contributed by atoms with Gasteiger partial charge in [-0.1, -0.05) is 19.9 Å². The second kappa shape index (κ2) is 15.1. The first-order valence-electron chi connectivity index (χ1n) is 12.5. The summed E-state index contributed by atoms with van der Waals surface area (Å²) in [5.41, 5.74) is 3.83. The predicted octanol–water partition coefficient (Wildman–Crippen LogP) is -0.913. The van der Waals surface area contributed by atoms with E-state index < -0.39 is 48.6 Å². The SMILES string of the molecule is CC(C)=NNCC(=O)NCCC(=O)Nc1cc(COC(=O)C(C)C)ccc1O[C@@H]1O[C@H](C(=O)O)[C@@H](O)[C@H](O)[C@H]1O. The van der Waals surface area contributed by atoms with E-state index in [2.05, 4.69) is 21.2 Å². The number of aliphatic carboxylic acids is 1. The number of carboxylic acids is 1. The van der Waals surface area contributed by atoms with Crippen LogP contribution in [0.2, 0.25) is 0 Å². The van der Waals surface area contributed by atoms with E-state index in [0.29, 0.717) is 5.56 Å². The molecule has 0 aromatic heterocycles. The van der Waals surface area contributed by atoms with Gasteiger partial charge in [-0.05, 0) is 31.5 Å². The van der Waals surface area contributed by atoms with E-state index in [0.717, 1.165) is 5.71 Å². The summed E-state index contributed by atoms with van der Waals surface area (Å²) >= 11 is 0. The quantitative estimate of drug-likeness (QED) is 0.0872. The smallest absolute Gasteiger partial charge is 0.335 e. The Labute approximate surface area is 230 Å². The highest BCUT2D eigenvalue weighted by Gasteiger charge is 2.48. The number of benzene rings is 1. The van der Waals surface area contributed by atoms with Gasteiger partial charge in [0, 0.05) is 18.7 Å². The van der Waals surface area contributed by atoms with Crippen molar-refractivity contribution in [3.05, 3.63) is 23.8 Å². The van der Waals surface area contributed by atoms with Crippen LogP contribution in [-0.2, 0) is 35.3 Å². The molecule has 1 aliphatic heterocycles. The molecule has 0 saturated carbocycles. The van der Waals surface area contributed by atoms with Crippen molar-refractivity contribution in [2.45, 2.75) is 71.4 Å². The van der Waals surface area contributed by atoms with Gasteiger partial charge in [0.1, 0.15) is 37.2 Å². The van der Waals surface area contributed by atoms with E-state index >= 15 is 0 Å². The number of hydrogen-bond donors (Lipinski definition) is 7. The van der Waals surface area contributed by atoms with Crippen LogP contribution in [-0.4, -0.2) is 93.7 Å². The molecule has 1 aliphatic rings. The van der Waals surface area contributed by atoms with Crippen molar-refractivity contribution in [3.8, 4) is 5.75 Å². The van der Waals surface area contributed by atoms with Crippen LogP contribution in [0.25, 0.3) is 0 Å². The summed E-state index contributed by atoms with van der Waals surface area (Å²) in [5, 5.41) is 48.6. The van der Waals surface area contributed by atoms with Crippen molar-refractivity contribution < 1.29 is 53.8 Å². The van der Waals surface area contributed by atoms with E-state index in [-0.39, 0.29) is 49.4 Å². The zero-order valence-electron chi connectivity index (χ0n) is 22.6. The standard InChI is InChI=1S/C25H36N4O11/c1-12(2)24(37)38-11-14-5-6-16(39-25-21(34)19(32)20(33)22(40-25)23(35)36)15(9-14)28-17(30)7-8-26-18(31)10-27-29-13(3)4/h5-6,9,12,19-22,25,27,32-34H,7-8,10-11H2,1-4H3,(H,26,31)(H,28,30)(H,35,36)/t19-,20-,21+,22-,25+/m0/s1. The molecule has 0 unspecified atom stereocenters. The van der Waals surface area contributed by atoms with Gasteiger partial charge in [0.05, 0.1) is 11.6 Å².